The van der Waals surface area contributed by atoms with Gasteiger partial charge in [0.1, 0.15) is 17.0 Å². The Labute approximate surface area is 133 Å². The molecule has 8 heteroatoms. The second kappa shape index (κ2) is 5.99. The number of fused-ring (bicyclic) bond motifs is 1. The van der Waals surface area contributed by atoms with Crippen LogP contribution in [0.5, 0.6) is 11.5 Å². The number of nitrogens with two attached hydrogens (primary N) is 1. The third kappa shape index (κ3) is 2.70. The van der Waals surface area contributed by atoms with Gasteiger partial charge in [0.2, 0.25) is 5.95 Å². The topological polar surface area (TPSA) is 100 Å². The van der Waals surface area contributed by atoms with Crippen molar-refractivity contribution in [3.8, 4) is 11.5 Å². The number of anilines is 2. The molecule has 3 rings (SSSR count). The highest BCUT2D eigenvalue weighted by atomic mass is 16.5. The number of methoxy groups -OCH3 is 2. The molecule has 0 aliphatic rings. The monoisotopic (exact) mass is 314 g/mol. The number of benzene rings is 1. The van der Waals surface area contributed by atoms with Gasteiger partial charge in [-0.3, -0.25) is 4.68 Å². The first-order valence-corrected chi connectivity index (χ1v) is 7.04. The molecule has 3 N–H and O–H groups in total. The minimum atomic E-state index is 0.205. The predicted octanol–water partition coefficient (Wildman–Crippen LogP) is 1.52. The van der Waals surface area contributed by atoms with Crippen molar-refractivity contribution in [3.05, 3.63) is 30.0 Å². The van der Waals surface area contributed by atoms with Gasteiger partial charge in [-0.1, -0.05) is 6.07 Å². The molecule has 1 aromatic carbocycles. The van der Waals surface area contributed by atoms with Crippen LogP contribution >= 0.6 is 0 Å². The molecule has 23 heavy (non-hydrogen) atoms. The molecule has 0 bridgehead atoms. The van der Waals surface area contributed by atoms with Crippen molar-refractivity contribution in [2.45, 2.75) is 6.54 Å². The van der Waals surface area contributed by atoms with E-state index in [4.69, 9.17) is 15.2 Å². The molecule has 120 valence electrons. The molecule has 2 heterocycles. The largest absolute Gasteiger partial charge is 0.496 e. The Balaban J connectivity index is 2.06. The molecule has 0 spiro atoms. The molecule has 0 amide bonds. The van der Waals surface area contributed by atoms with Gasteiger partial charge in [0.15, 0.2) is 11.3 Å². The van der Waals surface area contributed by atoms with Gasteiger partial charge >= 0.3 is 0 Å². The van der Waals surface area contributed by atoms with E-state index < -0.39 is 0 Å². The zero-order valence-electron chi connectivity index (χ0n) is 13.2. The second-order valence-electron chi connectivity index (χ2n) is 4.88. The van der Waals surface area contributed by atoms with Crippen molar-refractivity contribution in [2.24, 2.45) is 0 Å². The number of aromatic nitrogens is 4. The van der Waals surface area contributed by atoms with Crippen LogP contribution in [-0.4, -0.2) is 41.0 Å². The van der Waals surface area contributed by atoms with Gasteiger partial charge in [-0.15, -0.1) is 0 Å². The minimum absolute atomic E-state index is 0.205. The molecule has 0 radical (unpaired) electrons. The molecular formula is C15H18N6O2. The Morgan fingerprint density at radius 3 is 2.48 bits per heavy atom. The molecule has 8 nitrogen and oxygen atoms in total. The van der Waals surface area contributed by atoms with Crippen molar-refractivity contribution < 1.29 is 9.47 Å². The van der Waals surface area contributed by atoms with E-state index in [1.807, 2.05) is 24.4 Å². The summed E-state index contributed by atoms with van der Waals surface area (Å²) in [5.41, 5.74) is 7.95. The van der Waals surface area contributed by atoms with E-state index in [9.17, 15) is 0 Å². The number of nitrogens with zero attached hydrogens (tertiary/aromatic N) is 4. The van der Waals surface area contributed by atoms with E-state index in [1.165, 1.54) is 0 Å². The fourth-order valence-electron chi connectivity index (χ4n) is 2.48. The smallest absolute Gasteiger partial charge is 0.222 e. The molecule has 0 atom stereocenters. The number of hydrogen-bond acceptors (Lipinski definition) is 7. The van der Waals surface area contributed by atoms with Crippen molar-refractivity contribution in [1.82, 2.24) is 19.7 Å². The molecule has 0 aliphatic heterocycles. The Hall–Kier alpha value is -3.03. The lowest BCUT2D eigenvalue weighted by Gasteiger charge is -2.12. The summed E-state index contributed by atoms with van der Waals surface area (Å²) in [6, 6.07) is 5.65. The molecule has 2 aromatic heterocycles. The number of nitrogen functional groups attached to an aromatic ring is 1. The van der Waals surface area contributed by atoms with Gasteiger partial charge in [0, 0.05) is 7.05 Å². The molecule has 0 fully saturated rings. The highest BCUT2D eigenvalue weighted by Crippen LogP contribution is 2.29. The Morgan fingerprint density at radius 1 is 1.17 bits per heavy atom. The number of ether oxygens (including phenoxy) is 2. The van der Waals surface area contributed by atoms with Crippen LogP contribution in [0.15, 0.2) is 24.4 Å². The van der Waals surface area contributed by atoms with Crippen LogP contribution in [0.2, 0.25) is 0 Å². The van der Waals surface area contributed by atoms with Gasteiger partial charge < -0.3 is 20.5 Å². The molecule has 0 aliphatic carbocycles. The van der Waals surface area contributed by atoms with Crippen LogP contribution in [0, 0.1) is 0 Å². The van der Waals surface area contributed by atoms with Gasteiger partial charge in [0.05, 0.1) is 32.5 Å². The maximum Gasteiger partial charge on any atom is 0.222 e. The molecule has 3 aromatic rings. The van der Waals surface area contributed by atoms with E-state index >= 15 is 0 Å². The summed E-state index contributed by atoms with van der Waals surface area (Å²) >= 11 is 0. The maximum atomic E-state index is 5.71. The zero-order chi connectivity index (χ0) is 16.4. The van der Waals surface area contributed by atoms with E-state index in [1.54, 1.807) is 25.9 Å². The molecular weight excluding hydrogens is 296 g/mol. The number of rotatable bonds is 5. The standard InChI is InChI=1S/C15H18N6O2/c1-17-14-13-10(18-15(16)19-14)8-21(20-13)7-9-11(22-2)5-4-6-12(9)23-3/h4-6,8H,7H2,1-3H3,(H3,16,17,18,19). The predicted molar refractivity (Wildman–Crippen MR) is 87.9 cm³/mol. The lowest BCUT2D eigenvalue weighted by Crippen LogP contribution is -2.05. The normalized spacial score (nSPS) is 10.7. The van der Waals surface area contributed by atoms with Gasteiger partial charge in [-0.25, -0.2) is 4.98 Å². The van der Waals surface area contributed by atoms with E-state index in [2.05, 4.69) is 20.4 Å². The lowest BCUT2D eigenvalue weighted by molar-refractivity contribution is 0.382. The first-order valence-electron chi connectivity index (χ1n) is 7.04. The van der Waals surface area contributed by atoms with Gasteiger partial charge in [-0.05, 0) is 12.1 Å². The lowest BCUT2D eigenvalue weighted by atomic mass is 10.1. The highest BCUT2D eigenvalue weighted by molar-refractivity contribution is 5.85. The minimum Gasteiger partial charge on any atom is -0.496 e. The number of hydrogen-bond donors (Lipinski definition) is 2. The average Bonchev–Trinajstić information content (AvgIpc) is 2.96. The van der Waals surface area contributed by atoms with E-state index in [-0.39, 0.29) is 5.95 Å². The second-order valence-corrected chi connectivity index (χ2v) is 4.88. The van der Waals surface area contributed by atoms with Gasteiger partial charge in [0.25, 0.3) is 0 Å². The van der Waals surface area contributed by atoms with Crippen LogP contribution in [0.4, 0.5) is 11.8 Å². The molecule has 0 unspecified atom stereocenters. The van der Waals surface area contributed by atoms with Gasteiger partial charge in [-0.2, -0.15) is 10.1 Å². The summed E-state index contributed by atoms with van der Waals surface area (Å²) in [6.07, 6.45) is 1.82. The summed E-state index contributed by atoms with van der Waals surface area (Å²) in [4.78, 5) is 8.35. The van der Waals surface area contributed by atoms with Crippen molar-refractivity contribution in [2.75, 3.05) is 32.3 Å². The fourth-order valence-corrected chi connectivity index (χ4v) is 2.48. The highest BCUT2D eigenvalue weighted by Gasteiger charge is 2.14. The Kier molecular flexibility index (Phi) is 3.88. The summed E-state index contributed by atoms with van der Waals surface area (Å²) in [5, 5.41) is 7.51. The fraction of sp³-hybridized carbons (Fsp3) is 0.267. The third-order valence-electron chi connectivity index (χ3n) is 3.51. The van der Waals surface area contributed by atoms with Crippen LogP contribution in [0.25, 0.3) is 11.0 Å². The van der Waals surface area contributed by atoms with Crippen molar-refractivity contribution >= 4 is 22.8 Å². The summed E-state index contributed by atoms with van der Waals surface area (Å²) < 4.78 is 12.6. The first kappa shape index (κ1) is 14.9. The van der Waals surface area contributed by atoms with E-state index in [0.717, 1.165) is 17.1 Å². The van der Waals surface area contributed by atoms with E-state index in [0.29, 0.717) is 23.4 Å². The maximum absolute atomic E-state index is 5.71. The van der Waals surface area contributed by atoms with Crippen LogP contribution in [-0.2, 0) is 6.54 Å². The summed E-state index contributed by atoms with van der Waals surface area (Å²) in [7, 11) is 5.02. The summed E-state index contributed by atoms with van der Waals surface area (Å²) in [5.74, 6) is 2.28. The van der Waals surface area contributed by atoms with Crippen LogP contribution in [0.1, 0.15) is 5.56 Å². The quantitative estimate of drug-likeness (QED) is 0.736. The first-order chi connectivity index (χ1) is 11.2. The van der Waals surface area contributed by atoms with Crippen molar-refractivity contribution in [1.29, 1.82) is 0 Å². The van der Waals surface area contributed by atoms with Crippen molar-refractivity contribution in [3.63, 3.8) is 0 Å². The zero-order valence-corrected chi connectivity index (χ0v) is 13.2. The Bertz CT molecular complexity index is 823. The average molecular weight is 314 g/mol. The third-order valence-corrected chi connectivity index (χ3v) is 3.51. The van der Waals surface area contributed by atoms with Crippen LogP contribution in [0.3, 0.4) is 0 Å². The SMILES string of the molecule is CNc1nc(N)nc2cn(Cc3c(OC)cccc3OC)nc12. The number of nitrogens with one attached hydrogen (secondary N) is 1. The summed E-state index contributed by atoms with van der Waals surface area (Å²) in [6.45, 7) is 0.479. The van der Waals surface area contributed by atoms with Crippen LogP contribution < -0.4 is 20.5 Å². The Morgan fingerprint density at radius 2 is 1.87 bits per heavy atom. The molecule has 0 saturated carbocycles. The molecule has 0 saturated heterocycles.